The Labute approximate surface area is 169 Å². The van der Waals surface area contributed by atoms with Crippen LogP contribution in [0.1, 0.15) is 71.1 Å². The van der Waals surface area contributed by atoms with Gasteiger partial charge in [0, 0.05) is 11.8 Å². The first kappa shape index (κ1) is 22.2. The summed E-state index contributed by atoms with van der Waals surface area (Å²) in [6, 6.07) is 3.31. The van der Waals surface area contributed by atoms with Gasteiger partial charge in [0.25, 0.3) is 0 Å². The minimum atomic E-state index is -0.662. The average Bonchev–Trinajstić information content (AvgIpc) is 2.84. The van der Waals surface area contributed by atoms with Gasteiger partial charge in [0.05, 0.1) is 11.0 Å². The summed E-state index contributed by atoms with van der Waals surface area (Å²) in [7, 11) is 0. The molecular formula is C24H34O4. The van der Waals surface area contributed by atoms with Crippen LogP contribution in [0.3, 0.4) is 0 Å². The monoisotopic (exact) mass is 386 g/mol. The smallest absolute Gasteiger partial charge is 0.316 e. The van der Waals surface area contributed by atoms with Crippen LogP contribution in [0.4, 0.5) is 0 Å². The lowest BCUT2D eigenvalue weighted by Gasteiger charge is -2.27. The number of carbonyl (C=O) groups is 2. The molecular weight excluding hydrogens is 352 g/mol. The highest BCUT2D eigenvalue weighted by atomic mass is 16.5. The van der Waals surface area contributed by atoms with Crippen LogP contribution in [0.15, 0.2) is 17.9 Å². The standard InChI is InChI=1S/C24H34O4/c1-9-13(3)19-17(10-2)21(26)20(22(19)28-23(27)24(6,7)8)18-14(4)11-16(25)12-15(18)5/h11-13,17,19,25H,9-10H2,1-8H3. The summed E-state index contributed by atoms with van der Waals surface area (Å²) in [4.78, 5) is 26.3. The zero-order valence-corrected chi connectivity index (χ0v) is 18.5. The van der Waals surface area contributed by atoms with E-state index in [-0.39, 0.29) is 35.3 Å². The number of phenolic OH excluding ortho intramolecular Hbond substituents is 1. The molecule has 1 aromatic carbocycles. The van der Waals surface area contributed by atoms with Gasteiger partial charge in [-0.2, -0.15) is 0 Å². The van der Waals surface area contributed by atoms with Gasteiger partial charge in [-0.05, 0) is 75.8 Å². The predicted octanol–water partition coefficient (Wildman–Crippen LogP) is 5.58. The number of benzene rings is 1. The van der Waals surface area contributed by atoms with E-state index in [2.05, 4.69) is 13.8 Å². The molecule has 0 radical (unpaired) electrons. The third-order valence-corrected chi connectivity index (χ3v) is 5.85. The maximum absolute atomic E-state index is 13.5. The summed E-state index contributed by atoms with van der Waals surface area (Å²) in [6.07, 6.45) is 1.59. The molecule has 0 fully saturated rings. The van der Waals surface area contributed by atoms with E-state index in [1.807, 2.05) is 41.5 Å². The van der Waals surface area contributed by atoms with Crippen molar-refractivity contribution in [1.29, 1.82) is 0 Å². The zero-order chi connectivity index (χ0) is 21.4. The second kappa shape index (κ2) is 8.10. The van der Waals surface area contributed by atoms with Crippen LogP contribution >= 0.6 is 0 Å². The van der Waals surface area contributed by atoms with Gasteiger partial charge in [-0.15, -0.1) is 0 Å². The molecule has 154 valence electrons. The van der Waals surface area contributed by atoms with Crippen molar-refractivity contribution in [3.63, 3.8) is 0 Å². The van der Waals surface area contributed by atoms with E-state index in [9.17, 15) is 14.7 Å². The van der Waals surface area contributed by atoms with Crippen LogP contribution in [0.2, 0.25) is 0 Å². The van der Waals surface area contributed by atoms with Crippen molar-refractivity contribution in [1.82, 2.24) is 0 Å². The van der Waals surface area contributed by atoms with Gasteiger partial charge in [0.2, 0.25) is 0 Å². The zero-order valence-electron chi connectivity index (χ0n) is 18.5. The van der Waals surface area contributed by atoms with Crippen molar-refractivity contribution in [2.75, 3.05) is 0 Å². The molecule has 1 aliphatic carbocycles. The van der Waals surface area contributed by atoms with Crippen molar-refractivity contribution in [2.45, 2.75) is 68.2 Å². The Morgan fingerprint density at radius 1 is 1.18 bits per heavy atom. The highest BCUT2D eigenvalue weighted by Gasteiger charge is 2.46. The largest absolute Gasteiger partial charge is 0.508 e. The fourth-order valence-corrected chi connectivity index (χ4v) is 4.12. The normalized spacial score (nSPS) is 21.2. The van der Waals surface area contributed by atoms with Crippen molar-refractivity contribution >= 4 is 17.3 Å². The minimum Gasteiger partial charge on any atom is -0.508 e. The SMILES string of the molecule is CCC(C)C1C(OC(=O)C(C)(C)C)=C(c2c(C)cc(O)cc2C)C(=O)C1CC. The molecule has 3 unspecified atom stereocenters. The number of aryl methyl sites for hydroxylation is 2. The number of carbonyl (C=O) groups excluding carboxylic acids is 2. The molecule has 0 heterocycles. The Morgan fingerprint density at radius 3 is 2.14 bits per heavy atom. The van der Waals surface area contributed by atoms with Gasteiger partial charge in [0.1, 0.15) is 11.5 Å². The number of ketones is 1. The Morgan fingerprint density at radius 2 is 1.71 bits per heavy atom. The van der Waals surface area contributed by atoms with E-state index in [1.165, 1.54) is 0 Å². The summed E-state index contributed by atoms with van der Waals surface area (Å²) in [5, 5.41) is 9.94. The van der Waals surface area contributed by atoms with Crippen LogP contribution in [0, 0.1) is 37.0 Å². The maximum Gasteiger partial charge on any atom is 0.316 e. The molecule has 0 bridgehead atoms. The number of phenols is 1. The fourth-order valence-electron chi connectivity index (χ4n) is 4.12. The van der Waals surface area contributed by atoms with Gasteiger partial charge >= 0.3 is 5.97 Å². The number of Topliss-reactive ketones (excluding diaryl/α,β-unsaturated/α-hetero) is 1. The third kappa shape index (κ3) is 4.01. The number of hydrogen-bond acceptors (Lipinski definition) is 4. The lowest BCUT2D eigenvalue weighted by molar-refractivity contribution is -0.149. The number of allylic oxidation sites excluding steroid dienone is 2. The molecule has 1 aliphatic rings. The molecule has 4 nitrogen and oxygen atoms in total. The highest BCUT2D eigenvalue weighted by Crippen LogP contribution is 2.48. The highest BCUT2D eigenvalue weighted by molar-refractivity contribution is 6.25. The number of aromatic hydroxyl groups is 1. The molecule has 0 aliphatic heterocycles. The number of rotatable bonds is 5. The van der Waals surface area contributed by atoms with Crippen LogP contribution in [-0.4, -0.2) is 16.9 Å². The van der Waals surface area contributed by atoms with Crippen molar-refractivity contribution < 1.29 is 19.4 Å². The molecule has 28 heavy (non-hydrogen) atoms. The molecule has 0 aromatic heterocycles. The molecule has 4 heteroatoms. The molecule has 0 amide bonds. The van der Waals surface area contributed by atoms with E-state index in [1.54, 1.807) is 12.1 Å². The molecule has 0 saturated heterocycles. The van der Waals surface area contributed by atoms with E-state index >= 15 is 0 Å². The summed E-state index contributed by atoms with van der Waals surface area (Å²) < 4.78 is 5.98. The quantitative estimate of drug-likeness (QED) is 0.671. The number of ether oxygens (including phenoxy) is 1. The van der Waals surface area contributed by atoms with Crippen molar-refractivity contribution in [3.8, 4) is 5.75 Å². The number of esters is 1. The van der Waals surface area contributed by atoms with Crippen LogP contribution in [0.25, 0.3) is 5.57 Å². The molecule has 1 aromatic rings. The molecule has 3 atom stereocenters. The van der Waals surface area contributed by atoms with E-state index in [0.29, 0.717) is 17.8 Å². The van der Waals surface area contributed by atoms with Gasteiger partial charge in [-0.3, -0.25) is 9.59 Å². The third-order valence-electron chi connectivity index (χ3n) is 5.85. The van der Waals surface area contributed by atoms with Crippen LogP contribution in [0.5, 0.6) is 5.75 Å². The first-order valence-corrected chi connectivity index (χ1v) is 10.2. The first-order valence-electron chi connectivity index (χ1n) is 10.2. The second-order valence-corrected chi connectivity index (χ2v) is 9.12. The summed E-state index contributed by atoms with van der Waals surface area (Å²) in [6.45, 7) is 15.4. The first-order chi connectivity index (χ1) is 12.9. The predicted molar refractivity (Wildman–Crippen MR) is 112 cm³/mol. The average molecular weight is 387 g/mol. The molecule has 0 spiro atoms. The Hall–Kier alpha value is -2.10. The Kier molecular flexibility index (Phi) is 6.42. The van der Waals surface area contributed by atoms with Crippen molar-refractivity contribution in [2.24, 2.45) is 23.2 Å². The lowest BCUT2D eigenvalue weighted by atomic mass is 9.81. The minimum absolute atomic E-state index is 0.0430. The Bertz CT molecular complexity index is 787. The van der Waals surface area contributed by atoms with Gasteiger partial charge in [-0.25, -0.2) is 0 Å². The molecule has 1 N–H and O–H groups in total. The van der Waals surface area contributed by atoms with Crippen LogP contribution in [-0.2, 0) is 14.3 Å². The lowest BCUT2D eigenvalue weighted by Crippen LogP contribution is -2.28. The van der Waals surface area contributed by atoms with E-state index in [0.717, 1.165) is 23.1 Å². The number of hydrogen-bond donors (Lipinski definition) is 1. The molecule has 2 rings (SSSR count). The summed E-state index contributed by atoms with van der Waals surface area (Å²) in [5.74, 6) is 0.309. The van der Waals surface area contributed by atoms with E-state index < -0.39 is 5.41 Å². The van der Waals surface area contributed by atoms with Crippen molar-refractivity contribution in [3.05, 3.63) is 34.6 Å². The Balaban J connectivity index is 2.77. The van der Waals surface area contributed by atoms with E-state index in [4.69, 9.17) is 4.74 Å². The topological polar surface area (TPSA) is 63.6 Å². The van der Waals surface area contributed by atoms with Gasteiger partial charge in [0.15, 0.2) is 5.78 Å². The summed E-state index contributed by atoms with van der Waals surface area (Å²) in [5.41, 5.74) is 2.26. The fraction of sp³-hybridized carbons (Fsp3) is 0.583. The van der Waals surface area contributed by atoms with Crippen LogP contribution < -0.4 is 0 Å². The van der Waals surface area contributed by atoms with Gasteiger partial charge in [-0.1, -0.05) is 27.2 Å². The summed E-state index contributed by atoms with van der Waals surface area (Å²) >= 11 is 0. The molecule has 0 saturated carbocycles. The van der Waals surface area contributed by atoms with Gasteiger partial charge < -0.3 is 9.84 Å². The second-order valence-electron chi connectivity index (χ2n) is 9.12. The maximum atomic E-state index is 13.5.